The molecule has 0 bridgehead atoms. The lowest BCUT2D eigenvalue weighted by molar-refractivity contribution is 0.827. The van der Waals surface area contributed by atoms with Crippen LogP contribution in [-0.4, -0.2) is 4.57 Å². The van der Waals surface area contributed by atoms with Crippen LogP contribution in [0.3, 0.4) is 0 Å². The molecular weight excluding hydrogens is 392 g/mol. The molecular formula is C28H22N4. The fraction of sp³-hybridized carbons (Fsp3) is 0.0714. The third-order valence-corrected chi connectivity index (χ3v) is 6.20. The molecule has 0 atom stereocenters. The molecule has 0 aliphatic rings. The summed E-state index contributed by atoms with van der Waals surface area (Å²) >= 11 is 0. The van der Waals surface area contributed by atoms with Gasteiger partial charge in [-0.2, -0.15) is 5.11 Å². The van der Waals surface area contributed by atoms with Crippen molar-refractivity contribution in [1.82, 2.24) is 4.57 Å². The van der Waals surface area contributed by atoms with E-state index in [1.165, 1.54) is 32.6 Å². The van der Waals surface area contributed by atoms with Crippen LogP contribution >= 0.6 is 0 Å². The van der Waals surface area contributed by atoms with Crippen LogP contribution in [0, 0.1) is 0 Å². The number of nitrogen functional groups attached to an aromatic ring is 1. The first kappa shape index (κ1) is 18.6. The van der Waals surface area contributed by atoms with Crippen LogP contribution in [-0.2, 0) is 6.54 Å². The zero-order chi connectivity index (χ0) is 21.7. The smallest absolute Gasteiger partial charge is 0.109 e. The number of fused-ring (bicyclic) bond motifs is 5. The molecule has 0 aliphatic carbocycles. The van der Waals surface area contributed by atoms with Gasteiger partial charge in [0.15, 0.2) is 0 Å². The third kappa shape index (κ3) is 2.92. The highest BCUT2D eigenvalue weighted by molar-refractivity contribution is 6.09. The Morgan fingerprint density at radius 3 is 2.12 bits per heavy atom. The van der Waals surface area contributed by atoms with Crippen molar-refractivity contribution in [3.05, 3.63) is 91.0 Å². The molecule has 2 N–H and O–H groups in total. The number of hydrogen-bond donors (Lipinski definition) is 1. The summed E-state index contributed by atoms with van der Waals surface area (Å²) in [6, 6.07) is 31.4. The maximum absolute atomic E-state index is 6.32. The predicted molar refractivity (Wildman–Crippen MR) is 135 cm³/mol. The molecule has 0 fully saturated rings. The Morgan fingerprint density at radius 1 is 0.656 bits per heavy atom. The van der Waals surface area contributed by atoms with Crippen LogP contribution in [0.1, 0.15) is 6.92 Å². The van der Waals surface area contributed by atoms with Gasteiger partial charge in [-0.1, -0.05) is 42.5 Å². The Labute approximate surface area is 185 Å². The predicted octanol–water partition coefficient (Wildman–Crippen LogP) is 8.12. The minimum Gasteiger partial charge on any atom is -0.397 e. The quantitative estimate of drug-likeness (QED) is 0.177. The molecule has 0 unspecified atom stereocenters. The number of benzene rings is 5. The van der Waals surface area contributed by atoms with E-state index >= 15 is 0 Å². The molecule has 6 rings (SSSR count). The molecule has 154 valence electrons. The minimum absolute atomic E-state index is 0.625. The molecule has 32 heavy (non-hydrogen) atoms. The van der Waals surface area contributed by atoms with Gasteiger partial charge in [-0.3, -0.25) is 0 Å². The number of nitrogens with zero attached hydrogens (tertiary/aromatic N) is 3. The van der Waals surface area contributed by atoms with Gasteiger partial charge < -0.3 is 10.3 Å². The maximum atomic E-state index is 6.32. The van der Waals surface area contributed by atoms with Gasteiger partial charge in [-0.05, 0) is 77.0 Å². The van der Waals surface area contributed by atoms with E-state index in [4.69, 9.17) is 5.73 Å². The molecule has 0 saturated heterocycles. The summed E-state index contributed by atoms with van der Waals surface area (Å²) in [6.45, 7) is 3.10. The zero-order valence-corrected chi connectivity index (χ0v) is 17.8. The average Bonchev–Trinajstić information content (AvgIpc) is 3.14. The van der Waals surface area contributed by atoms with Crippen molar-refractivity contribution in [2.45, 2.75) is 13.5 Å². The van der Waals surface area contributed by atoms with Crippen LogP contribution in [0.4, 0.5) is 17.1 Å². The topological polar surface area (TPSA) is 55.7 Å². The largest absolute Gasteiger partial charge is 0.397 e. The standard InChI is InChI=1S/C28H22N4/c1-2-32-27-10-6-5-9-23(27)24-17-22(11-12-28(24)32)30-31-26-16-21-14-19-8-4-3-7-18(19)13-20(21)15-25(26)29/h3-17H,2,29H2,1H3. The van der Waals surface area contributed by atoms with E-state index in [2.05, 4.69) is 94.5 Å². The summed E-state index contributed by atoms with van der Waals surface area (Å²) in [5.74, 6) is 0. The first-order valence-electron chi connectivity index (χ1n) is 10.9. The molecule has 5 aromatic carbocycles. The molecule has 0 saturated carbocycles. The van der Waals surface area contributed by atoms with Gasteiger partial charge in [0, 0.05) is 28.4 Å². The summed E-state index contributed by atoms with van der Waals surface area (Å²) in [5, 5.41) is 16.1. The Bertz CT molecular complexity index is 1670. The van der Waals surface area contributed by atoms with Gasteiger partial charge in [0.1, 0.15) is 5.69 Å². The van der Waals surface area contributed by atoms with E-state index in [0.717, 1.165) is 23.0 Å². The van der Waals surface area contributed by atoms with Crippen molar-refractivity contribution < 1.29 is 0 Å². The maximum Gasteiger partial charge on any atom is 0.109 e. The second-order valence-electron chi connectivity index (χ2n) is 8.12. The molecule has 0 aliphatic heterocycles. The Balaban J connectivity index is 1.44. The molecule has 0 radical (unpaired) electrons. The molecule has 4 nitrogen and oxygen atoms in total. The average molecular weight is 415 g/mol. The van der Waals surface area contributed by atoms with Gasteiger partial charge >= 0.3 is 0 Å². The summed E-state index contributed by atoms with van der Waals surface area (Å²) in [6.07, 6.45) is 0. The SMILES string of the molecule is CCn1c2ccccc2c2cc(N=Nc3cc4cc5ccccc5cc4cc3N)ccc21. The van der Waals surface area contributed by atoms with Crippen molar-refractivity contribution in [3.63, 3.8) is 0 Å². The van der Waals surface area contributed by atoms with Gasteiger partial charge in [0.2, 0.25) is 0 Å². The number of azo groups is 1. The highest BCUT2D eigenvalue weighted by Crippen LogP contribution is 2.34. The zero-order valence-electron chi connectivity index (χ0n) is 17.8. The highest BCUT2D eigenvalue weighted by atomic mass is 15.1. The van der Waals surface area contributed by atoms with Crippen LogP contribution in [0.5, 0.6) is 0 Å². The van der Waals surface area contributed by atoms with E-state index in [1.54, 1.807) is 0 Å². The first-order chi connectivity index (χ1) is 15.7. The van der Waals surface area contributed by atoms with Crippen LogP contribution in [0.25, 0.3) is 43.4 Å². The number of aryl methyl sites for hydroxylation is 1. The van der Waals surface area contributed by atoms with Gasteiger partial charge in [-0.25, -0.2) is 0 Å². The highest BCUT2D eigenvalue weighted by Gasteiger charge is 2.10. The van der Waals surface area contributed by atoms with E-state index in [9.17, 15) is 0 Å². The summed E-state index contributed by atoms with van der Waals surface area (Å²) in [5.41, 5.74) is 10.9. The van der Waals surface area contributed by atoms with Gasteiger partial charge in [0.25, 0.3) is 0 Å². The van der Waals surface area contributed by atoms with E-state index in [1.807, 2.05) is 18.2 Å². The molecule has 1 heterocycles. The number of anilines is 1. The monoisotopic (exact) mass is 414 g/mol. The van der Waals surface area contributed by atoms with Crippen molar-refractivity contribution in [2.75, 3.05) is 5.73 Å². The van der Waals surface area contributed by atoms with Crippen molar-refractivity contribution >= 4 is 60.4 Å². The molecule has 4 heteroatoms. The van der Waals surface area contributed by atoms with E-state index in [0.29, 0.717) is 11.4 Å². The molecule has 6 aromatic rings. The number of hydrogen-bond acceptors (Lipinski definition) is 3. The van der Waals surface area contributed by atoms with Crippen molar-refractivity contribution in [1.29, 1.82) is 0 Å². The molecule has 1 aromatic heterocycles. The number of nitrogens with two attached hydrogens (primary N) is 1. The number of para-hydroxylation sites is 1. The van der Waals surface area contributed by atoms with Crippen molar-refractivity contribution in [3.8, 4) is 0 Å². The van der Waals surface area contributed by atoms with Gasteiger partial charge in [-0.15, -0.1) is 5.11 Å². The normalized spacial score (nSPS) is 12.0. The van der Waals surface area contributed by atoms with E-state index in [-0.39, 0.29) is 0 Å². The number of rotatable bonds is 3. The van der Waals surface area contributed by atoms with E-state index < -0.39 is 0 Å². The fourth-order valence-corrected chi connectivity index (χ4v) is 4.64. The minimum atomic E-state index is 0.625. The third-order valence-electron chi connectivity index (χ3n) is 6.20. The number of aromatic nitrogens is 1. The summed E-state index contributed by atoms with van der Waals surface area (Å²) in [7, 11) is 0. The lowest BCUT2D eigenvalue weighted by atomic mass is 10.0. The Morgan fingerprint density at radius 2 is 1.34 bits per heavy atom. The Hall–Kier alpha value is -4.18. The summed E-state index contributed by atoms with van der Waals surface area (Å²) < 4.78 is 2.33. The fourth-order valence-electron chi connectivity index (χ4n) is 4.64. The second kappa shape index (κ2) is 7.20. The van der Waals surface area contributed by atoms with Gasteiger partial charge in [0.05, 0.1) is 11.4 Å². The van der Waals surface area contributed by atoms with Crippen LogP contribution in [0.15, 0.2) is 101 Å². The van der Waals surface area contributed by atoms with Crippen molar-refractivity contribution in [2.24, 2.45) is 10.2 Å². The lowest BCUT2D eigenvalue weighted by Gasteiger charge is -2.06. The second-order valence-corrected chi connectivity index (χ2v) is 8.12. The Kier molecular flexibility index (Phi) is 4.18. The molecule has 0 spiro atoms. The summed E-state index contributed by atoms with van der Waals surface area (Å²) in [4.78, 5) is 0. The van der Waals surface area contributed by atoms with Crippen LogP contribution < -0.4 is 5.73 Å². The lowest BCUT2D eigenvalue weighted by Crippen LogP contribution is -1.92. The molecule has 0 amide bonds. The van der Waals surface area contributed by atoms with Crippen LogP contribution in [0.2, 0.25) is 0 Å². The first-order valence-corrected chi connectivity index (χ1v) is 10.9.